The highest BCUT2D eigenvalue weighted by Gasteiger charge is 2.60. The van der Waals surface area contributed by atoms with Crippen LogP contribution >= 0.6 is 0 Å². The van der Waals surface area contributed by atoms with Crippen molar-refractivity contribution in [2.75, 3.05) is 12.8 Å². The standard InChI is InChI=1S/C29H36N6O3/c1-6-13-34-21(33-22-23(30)31-18-32-24(22)34)11-12-27(2)15-28(3)17-29(4,16-27)26(37)35(25(28)36)14-19-7-9-20(38-5)10-8-19/h7-12,18H,6,13-17H2,1-5H3,(H2,30,31,32)/b12-11+/t27?,28-,29+. The highest BCUT2D eigenvalue weighted by atomic mass is 16.5. The van der Waals surface area contributed by atoms with Crippen LogP contribution in [0.5, 0.6) is 5.75 Å². The summed E-state index contributed by atoms with van der Waals surface area (Å²) in [6.45, 7) is 9.27. The third-order valence-electron chi connectivity index (χ3n) is 8.06. The molecule has 1 aliphatic carbocycles. The molecule has 2 amide bonds. The quantitative estimate of drug-likeness (QED) is 0.456. The topological polar surface area (TPSA) is 116 Å². The average Bonchev–Trinajstić information content (AvgIpc) is 3.23. The Labute approximate surface area is 223 Å². The van der Waals surface area contributed by atoms with Crippen LogP contribution in [0.2, 0.25) is 0 Å². The molecule has 9 heteroatoms. The lowest BCUT2D eigenvalue weighted by molar-refractivity contribution is -0.177. The van der Waals surface area contributed by atoms with Crippen molar-refractivity contribution in [1.82, 2.24) is 24.4 Å². The number of carbonyl (C=O) groups excluding carboxylic acids is 2. The number of methoxy groups -OCH3 is 1. The molecule has 3 aromatic rings. The summed E-state index contributed by atoms with van der Waals surface area (Å²) in [5.41, 5.74) is 6.61. The number of nitrogens with zero attached hydrogens (tertiary/aromatic N) is 5. The molecular weight excluding hydrogens is 480 g/mol. The van der Waals surface area contributed by atoms with E-state index in [4.69, 9.17) is 15.5 Å². The van der Waals surface area contributed by atoms with E-state index in [1.54, 1.807) is 7.11 Å². The van der Waals surface area contributed by atoms with Gasteiger partial charge in [0.1, 0.15) is 17.9 Å². The van der Waals surface area contributed by atoms with Gasteiger partial charge < -0.3 is 15.0 Å². The first-order valence-electron chi connectivity index (χ1n) is 13.2. The number of rotatable bonds is 7. The first-order chi connectivity index (χ1) is 18.0. The van der Waals surface area contributed by atoms with E-state index in [2.05, 4.69) is 29.9 Å². The zero-order valence-electron chi connectivity index (χ0n) is 22.8. The molecule has 5 rings (SSSR count). The van der Waals surface area contributed by atoms with Crippen molar-refractivity contribution in [2.45, 2.75) is 66.5 Å². The van der Waals surface area contributed by atoms with E-state index in [1.165, 1.54) is 11.2 Å². The lowest BCUT2D eigenvalue weighted by Gasteiger charge is -2.56. The summed E-state index contributed by atoms with van der Waals surface area (Å²) in [4.78, 5) is 42.3. The van der Waals surface area contributed by atoms with Gasteiger partial charge in [-0.05, 0) is 54.9 Å². The average molecular weight is 517 g/mol. The molecule has 2 N–H and O–H groups in total. The Balaban J connectivity index is 1.45. The van der Waals surface area contributed by atoms with Crippen LogP contribution in [0.25, 0.3) is 17.2 Å². The van der Waals surface area contributed by atoms with E-state index in [0.717, 1.165) is 30.1 Å². The number of fused-ring (bicyclic) bond motifs is 3. The predicted octanol–water partition coefficient (Wildman–Crippen LogP) is 4.61. The number of nitrogens with two attached hydrogens (primary N) is 1. The second-order valence-corrected chi connectivity index (χ2v) is 11.7. The molecule has 1 unspecified atom stereocenters. The first-order valence-corrected chi connectivity index (χ1v) is 13.2. The first kappa shape index (κ1) is 25.9. The fourth-order valence-electron chi connectivity index (χ4n) is 6.87. The van der Waals surface area contributed by atoms with Crippen molar-refractivity contribution in [1.29, 1.82) is 0 Å². The molecule has 0 radical (unpaired) electrons. The molecule has 1 aliphatic heterocycles. The third kappa shape index (κ3) is 4.33. The van der Waals surface area contributed by atoms with Crippen molar-refractivity contribution in [3.8, 4) is 5.75 Å². The SMILES string of the molecule is CCCn1c(/C=C/C2(C)C[C@@]3(C)C[C@@](C)(C2)C(=O)N(Cc2ccc(OC)cc2)C3=O)nc2c(N)ncnc21. The van der Waals surface area contributed by atoms with Gasteiger partial charge in [-0.15, -0.1) is 0 Å². The Bertz CT molecular complexity index is 1400. The zero-order chi connectivity index (χ0) is 27.3. The van der Waals surface area contributed by atoms with Crippen molar-refractivity contribution in [3.63, 3.8) is 0 Å². The van der Waals surface area contributed by atoms with E-state index in [9.17, 15) is 9.59 Å². The Hall–Kier alpha value is -3.75. The number of hydrogen-bond acceptors (Lipinski definition) is 7. The van der Waals surface area contributed by atoms with Gasteiger partial charge in [0.2, 0.25) is 11.8 Å². The minimum Gasteiger partial charge on any atom is -0.497 e. The number of benzene rings is 1. The number of anilines is 1. The van der Waals surface area contributed by atoms with E-state index in [0.29, 0.717) is 36.2 Å². The van der Waals surface area contributed by atoms with Crippen LogP contribution in [0.1, 0.15) is 64.8 Å². The van der Waals surface area contributed by atoms with Crippen molar-refractivity contribution in [3.05, 3.63) is 48.1 Å². The number of imidazole rings is 1. The number of likely N-dealkylation sites (tertiary alicyclic amines) is 1. The molecule has 2 bridgehead atoms. The van der Waals surface area contributed by atoms with Gasteiger partial charge >= 0.3 is 0 Å². The lowest BCUT2D eigenvalue weighted by Crippen LogP contribution is -2.62. The van der Waals surface area contributed by atoms with Crippen LogP contribution < -0.4 is 10.5 Å². The normalized spacial score (nSPS) is 27.4. The fourth-order valence-corrected chi connectivity index (χ4v) is 6.87. The maximum atomic E-state index is 13.8. The number of allylic oxidation sites excluding steroid dienone is 1. The van der Waals surface area contributed by atoms with Crippen LogP contribution in [0.15, 0.2) is 36.7 Å². The van der Waals surface area contributed by atoms with Gasteiger partial charge in [-0.25, -0.2) is 15.0 Å². The van der Waals surface area contributed by atoms with Crippen molar-refractivity contribution < 1.29 is 14.3 Å². The zero-order valence-corrected chi connectivity index (χ0v) is 22.8. The minimum absolute atomic E-state index is 0.101. The van der Waals surface area contributed by atoms with Crippen LogP contribution in [0, 0.1) is 16.2 Å². The highest BCUT2D eigenvalue weighted by molar-refractivity contribution is 6.03. The molecule has 2 fully saturated rings. The highest BCUT2D eigenvalue weighted by Crippen LogP contribution is 2.59. The monoisotopic (exact) mass is 516 g/mol. The molecule has 2 aliphatic rings. The largest absolute Gasteiger partial charge is 0.497 e. The summed E-state index contributed by atoms with van der Waals surface area (Å²) in [5, 5.41) is 0. The molecule has 9 nitrogen and oxygen atoms in total. The molecule has 38 heavy (non-hydrogen) atoms. The molecule has 2 aromatic heterocycles. The molecular formula is C29H36N6O3. The number of aryl methyl sites for hydroxylation is 1. The van der Waals surface area contributed by atoms with Crippen LogP contribution in [0.3, 0.4) is 0 Å². The van der Waals surface area contributed by atoms with E-state index < -0.39 is 10.8 Å². The molecule has 200 valence electrons. The molecule has 0 spiro atoms. The molecule has 3 atom stereocenters. The summed E-state index contributed by atoms with van der Waals surface area (Å²) < 4.78 is 7.29. The summed E-state index contributed by atoms with van der Waals surface area (Å²) in [7, 11) is 1.62. The maximum absolute atomic E-state index is 13.8. The van der Waals surface area contributed by atoms with Gasteiger partial charge in [-0.1, -0.05) is 45.9 Å². The number of amides is 2. The number of hydrogen-bond donors (Lipinski definition) is 1. The molecule has 1 saturated carbocycles. The van der Waals surface area contributed by atoms with Gasteiger partial charge in [0.25, 0.3) is 0 Å². The summed E-state index contributed by atoms with van der Waals surface area (Å²) in [6.07, 6.45) is 8.34. The summed E-state index contributed by atoms with van der Waals surface area (Å²) >= 11 is 0. The number of imide groups is 1. The van der Waals surface area contributed by atoms with Gasteiger partial charge in [0, 0.05) is 17.4 Å². The predicted molar refractivity (Wildman–Crippen MR) is 146 cm³/mol. The van der Waals surface area contributed by atoms with Crippen LogP contribution in [-0.2, 0) is 22.7 Å². The fraction of sp³-hybridized carbons (Fsp3) is 0.483. The summed E-state index contributed by atoms with van der Waals surface area (Å²) in [6, 6.07) is 7.51. The Morgan fingerprint density at radius 3 is 2.29 bits per heavy atom. The number of piperidine rings is 1. The molecule has 3 heterocycles. The summed E-state index contributed by atoms with van der Waals surface area (Å²) in [5.74, 6) is 1.64. The molecule has 1 saturated heterocycles. The second-order valence-electron chi connectivity index (χ2n) is 11.7. The number of carbonyl (C=O) groups is 2. The van der Waals surface area contributed by atoms with Gasteiger partial charge in [0.05, 0.1) is 13.7 Å². The van der Waals surface area contributed by atoms with E-state index in [-0.39, 0.29) is 23.8 Å². The maximum Gasteiger partial charge on any atom is 0.235 e. The Kier molecular flexibility index (Phi) is 6.28. The number of aromatic nitrogens is 4. The van der Waals surface area contributed by atoms with E-state index in [1.807, 2.05) is 48.8 Å². The third-order valence-corrected chi connectivity index (χ3v) is 8.06. The smallest absolute Gasteiger partial charge is 0.235 e. The van der Waals surface area contributed by atoms with Gasteiger partial charge in [-0.2, -0.15) is 0 Å². The van der Waals surface area contributed by atoms with Crippen molar-refractivity contribution >= 4 is 34.9 Å². The minimum atomic E-state index is -0.647. The van der Waals surface area contributed by atoms with E-state index >= 15 is 0 Å². The number of nitrogen functional groups attached to an aromatic ring is 1. The molecule has 1 aromatic carbocycles. The Morgan fingerprint density at radius 1 is 1.03 bits per heavy atom. The van der Waals surface area contributed by atoms with Crippen LogP contribution in [-0.4, -0.2) is 43.3 Å². The lowest BCUT2D eigenvalue weighted by atomic mass is 9.51. The second kappa shape index (κ2) is 9.22. The van der Waals surface area contributed by atoms with Gasteiger partial charge in [-0.3, -0.25) is 14.5 Å². The van der Waals surface area contributed by atoms with Crippen molar-refractivity contribution in [2.24, 2.45) is 16.2 Å². The Morgan fingerprint density at radius 2 is 1.68 bits per heavy atom. The van der Waals surface area contributed by atoms with Gasteiger partial charge in [0.15, 0.2) is 17.0 Å². The van der Waals surface area contributed by atoms with Crippen LogP contribution in [0.4, 0.5) is 5.82 Å². The number of ether oxygens (including phenoxy) is 1.